The molecule has 0 unspecified atom stereocenters. The van der Waals surface area contributed by atoms with E-state index in [4.69, 9.17) is 21.7 Å². The number of carbonyl (C=O) groups is 2. The summed E-state index contributed by atoms with van der Waals surface area (Å²) in [6.45, 7) is 3.05. The molecule has 0 radical (unpaired) electrons. The molecule has 1 rings (SSSR count). The largest absolute Gasteiger partial charge is 0.478 e. The van der Waals surface area contributed by atoms with E-state index in [0.29, 0.717) is 0 Å². The SMILES string of the molecule is CCCCCCCCCCCCN=C(N)N.O=C(O)c1ccc(C(=O)O)cc1. The third-order valence-electron chi connectivity index (χ3n) is 4.18. The number of hydrogen-bond acceptors (Lipinski definition) is 3. The second kappa shape index (κ2) is 16.6. The van der Waals surface area contributed by atoms with Crippen molar-refractivity contribution in [3.63, 3.8) is 0 Å². The molecule has 1 aromatic rings. The highest BCUT2D eigenvalue weighted by atomic mass is 16.4. The number of guanidine groups is 1. The van der Waals surface area contributed by atoms with Gasteiger partial charge < -0.3 is 21.7 Å². The molecule has 0 bridgehead atoms. The van der Waals surface area contributed by atoms with E-state index in [0.717, 1.165) is 13.0 Å². The van der Waals surface area contributed by atoms with Crippen LogP contribution in [0.4, 0.5) is 0 Å². The molecule has 7 nitrogen and oxygen atoms in total. The van der Waals surface area contributed by atoms with Crippen molar-refractivity contribution in [1.82, 2.24) is 0 Å². The highest BCUT2D eigenvalue weighted by molar-refractivity contribution is 5.91. The van der Waals surface area contributed by atoms with Crippen molar-refractivity contribution in [1.29, 1.82) is 0 Å². The van der Waals surface area contributed by atoms with E-state index in [9.17, 15) is 9.59 Å². The molecule has 0 aliphatic carbocycles. The monoisotopic (exact) mass is 393 g/mol. The molecule has 1 aromatic carbocycles. The number of carboxylic acid groups (broad SMARTS) is 2. The number of aliphatic imine (C=N–C) groups is 1. The van der Waals surface area contributed by atoms with Crippen LogP contribution in [0.15, 0.2) is 29.3 Å². The van der Waals surface area contributed by atoms with Gasteiger partial charge >= 0.3 is 11.9 Å². The van der Waals surface area contributed by atoms with Crippen LogP contribution in [0.25, 0.3) is 0 Å². The minimum Gasteiger partial charge on any atom is -0.478 e. The Bertz CT molecular complexity index is 549. The summed E-state index contributed by atoms with van der Waals surface area (Å²) in [6, 6.07) is 5.02. The number of unbranched alkanes of at least 4 members (excludes halogenated alkanes) is 9. The number of nitrogens with zero attached hydrogens (tertiary/aromatic N) is 1. The van der Waals surface area contributed by atoms with Crippen molar-refractivity contribution >= 4 is 17.9 Å². The van der Waals surface area contributed by atoms with Crippen LogP contribution in [-0.4, -0.2) is 34.7 Å². The lowest BCUT2D eigenvalue weighted by atomic mass is 10.1. The summed E-state index contributed by atoms with van der Waals surface area (Å²) in [5.41, 5.74) is 10.6. The summed E-state index contributed by atoms with van der Waals surface area (Å²) in [5.74, 6) is -1.91. The van der Waals surface area contributed by atoms with Crippen molar-refractivity contribution in [3.05, 3.63) is 35.4 Å². The molecule has 0 saturated heterocycles. The Morgan fingerprint density at radius 1 is 0.750 bits per heavy atom. The van der Waals surface area contributed by atoms with E-state index in [1.807, 2.05) is 0 Å². The van der Waals surface area contributed by atoms with Gasteiger partial charge in [-0.25, -0.2) is 9.59 Å². The Balaban J connectivity index is 0.000000540. The van der Waals surface area contributed by atoms with Crippen LogP contribution in [0, 0.1) is 0 Å². The van der Waals surface area contributed by atoms with Crippen molar-refractivity contribution < 1.29 is 19.8 Å². The van der Waals surface area contributed by atoms with Crippen LogP contribution in [-0.2, 0) is 0 Å². The van der Waals surface area contributed by atoms with E-state index < -0.39 is 11.9 Å². The Hall–Kier alpha value is -2.57. The average Bonchev–Trinajstić information content (AvgIpc) is 2.66. The summed E-state index contributed by atoms with van der Waals surface area (Å²) in [4.78, 5) is 24.6. The van der Waals surface area contributed by atoms with Gasteiger partial charge in [0.2, 0.25) is 0 Å². The van der Waals surface area contributed by atoms with Gasteiger partial charge in [-0.3, -0.25) is 4.99 Å². The first-order valence-electron chi connectivity index (χ1n) is 10.0. The van der Waals surface area contributed by atoms with Crippen LogP contribution in [0.3, 0.4) is 0 Å². The maximum atomic E-state index is 10.3. The molecule has 0 aromatic heterocycles. The summed E-state index contributed by atoms with van der Waals surface area (Å²) < 4.78 is 0. The molecule has 158 valence electrons. The normalized spacial score (nSPS) is 9.89. The van der Waals surface area contributed by atoms with Crippen molar-refractivity contribution in [2.75, 3.05) is 6.54 Å². The third kappa shape index (κ3) is 14.6. The smallest absolute Gasteiger partial charge is 0.335 e. The average molecular weight is 394 g/mol. The van der Waals surface area contributed by atoms with Crippen LogP contribution in [0.2, 0.25) is 0 Å². The maximum absolute atomic E-state index is 10.3. The molecule has 0 heterocycles. The highest BCUT2D eigenvalue weighted by Gasteiger charge is 2.04. The quantitative estimate of drug-likeness (QED) is 0.224. The first-order chi connectivity index (χ1) is 13.4. The van der Waals surface area contributed by atoms with Crippen molar-refractivity contribution in [2.24, 2.45) is 16.5 Å². The Morgan fingerprint density at radius 3 is 1.43 bits per heavy atom. The number of hydrogen-bond donors (Lipinski definition) is 4. The van der Waals surface area contributed by atoms with Crippen LogP contribution < -0.4 is 11.5 Å². The fourth-order valence-electron chi connectivity index (χ4n) is 2.56. The second-order valence-corrected chi connectivity index (χ2v) is 6.68. The predicted octanol–water partition coefficient (Wildman–Crippen LogP) is 4.26. The van der Waals surface area contributed by atoms with Gasteiger partial charge in [-0.2, -0.15) is 0 Å². The number of aromatic carboxylic acids is 2. The molecule has 0 saturated carbocycles. The zero-order chi connectivity index (χ0) is 21.2. The Kier molecular flexibility index (Phi) is 15.1. The summed E-state index contributed by atoms with van der Waals surface area (Å²) in [7, 11) is 0. The standard InChI is InChI=1S/C13H29N3.C8H6O4/c1-2-3-4-5-6-7-8-9-10-11-12-16-13(14)15;9-7(10)5-1-2-6(4-3-5)8(11)12/h2-12H2,1H3,(H4,14,15,16);1-4H,(H,9,10)(H,11,12). The van der Waals surface area contributed by atoms with Crippen molar-refractivity contribution in [2.45, 2.75) is 71.1 Å². The van der Waals surface area contributed by atoms with Crippen LogP contribution >= 0.6 is 0 Å². The molecular weight excluding hydrogens is 358 g/mol. The number of benzene rings is 1. The molecule has 7 heteroatoms. The van der Waals surface area contributed by atoms with Gasteiger partial charge in [-0.15, -0.1) is 0 Å². The lowest BCUT2D eigenvalue weighted by Crippen LogP contribution is -2.22. The minimum atomic E-state index is -1.06. The van der Waals surface area contributed by atoms with Gasteiger partial charge in [0.1, 0.15) is 0 Å². The van der Waals surface area contributed by atoms with E-state index in [1.54, 1.807) is 0 Å². The van der Waals surface area contributed by atoms with Crippen LogP contribution in [0.5, 0.6) is 0 Å². The number of rotatable bonds is 13. The molecule has 6 N–H and O–H groups in total. The third-order valence-corrected chi connectivity index (χ3v) is 4.18. The maximum Gasteiger partial charge on any atom is 0.335 e. The number of carboxylic acids is 2. The van der Waals surface area contributed by atoms with Gasteiger partial charge in [0.05, 0.1) is 11.1 Å². The lowest BCUT2D eigenvalue weighted by molar-refractivity contribution is 0.0681. The number of nitrogens with two attached hydrogens (primary N) is 2. The predicted molar refractivity (Wildman–Crippen MR) is 113 cm³/mol. The summed E-state index contributed by atoms with van der Waals surface area (Å²) >= 11 is 0. The first kappa shape index (κ1) is 25.4. The molecule has 28 heavy (non-hydrogen) atoms. The fourth-order valence-corrected chi connectivity index (χ4v) is 2.56. The van der Waals surface area contributed by atoms with Gasteiger partial charge in [0.15, 0.2) is 5.96 Å². The van der Waals surface area contributed by atoms with E-state index >= 15 is 0 Å². The topological polar surface area (TPSA) is 139 Å². The van der Waals surface area contributed by atoms with Gasteiger partial charge in [-0.1, -0.05) is 64.7 Å². The van der Waals surface area contributed by atoms with Crippen LogP contribution in [0.1, 0.15) is 91.8 Å². The van der Waals surface area contributed by atoms with Gasteiger partial charge in [-0.05, 0) is 30.7 Å². The van der Waals surface area contributed by atoms with Gasteiger partial charge in [0, 0.05) is 6.54 Å². The lowest BCUT2D eigenvalue weighted by Gasteiger charge is -2.01. The first-order valence-corrected chi connectivity index (χ1v) is 10.0. The molecule has 0 aliphatic heterocycles. The molecule has 0 fully saturated rings. The summed E-state index contributed by atoms with van der Waals surface area (Å²) in [5, 5.41) is 16.9. The Morgan fingerprint density at radius 2 is 1.11 bits per heavy atom. The molecular formula is C21H35N3O4. The molecule has 0 amide bonds. The zero-order valence-corrected chi connectivity index (χ0v) is 16.9. The fraction of sp³-hybridized carbons (Fsp3) is 0.571. The highest BCUT2D eigenvalue weighted by Crippen LogP contribution is 2.10. The Labute approximate surface area is 167 Å². The molecule has 0 aliphatic rings. The molecule has 0 spiro atoms. The zero-order valence-electron chi connectivity index (χ0n) is 16.9. The van der Waals surface area contributed by atoms with Gasteiger partial charge in [0.25, 0.3) is 0 Å². The summed E-state index contributed by atoms with van der Waals surface area (Å²) in [6.07, 6.45) is 13.5. The second-order valence-electron chi connectivity index (χ2n) is 6.68. The van der Waals surface area contributed by atoms with E-state index in [2.05, 4.69) is 11.9 Å². The van der Waals surface area contributed by atoms with E-state index in [1.165, 1.54) is 82.1 Å². The molecule has 0 atom stereocenters. The minimum absolute atomic E-state index is 0.0833. The van der Waals surface area contributed by atoms with E-state index in [-0.39, 0.29) is 17.1 Å². The van der Waals surface area contributed by atoms with Crippen molar-refractivity contribution in [3.8, 4) is 0 Å².